The lowest BCUT2D eigenvalue weighted by molar-refractivity contribution is -0.748. The number of ether oxygens (including phenoxy) is 2. The van der Waals surface area contributed by atoms with Crippen LogP contribution in [-0.2, 0) is 11.3 Å². The van der Waals surface area contributed by atoms with Crippen LogP contribution in [0.4, 0.5) is 5.69 Å². The maximum absolute atomic E-state index is 13.2. The summed E-state index contributed by atoms with van der Waals surface area (Å²) in [6.07, 6.45) is 6.77. The van der Waals surface area contributed by atoms with Crippen molar-refractivity contribution < 1.29 is 19.0 Å². The third-order valence-electron chi connectivity index (χ3n) is 5.77. The maximum atomic E-state index is 13.2. The average molecular weight is 483 g/mol. The van der Waals surface area contributed by atoms with Gasteiger partial charge in [-0.05, 0) is 24.3 Å². The molecule has 1 aromatic carbocycles. The van der Waals surface area contributed by atoms with E-state index in [1.165, 1.54) is 6.20 Å². The molecule has 3 aromatic heterocycles. The molecule has 10 nitrogen and oxygen atoms in total. The summed E-state index contributed by atoms with van der Waals surface area (Å²) >= 11 is 6.30. The Morgan fingerprint density at radius 3 is 3.03 bits per heavy atom. The molecule has 0 unspecified atom stereocenters. The monoisotopic (exact) mass is 482 g/mol. The lowest BCUT2D eigenvalue weighted by atomic mass is 10.1. The number of hydrogen-bond donors (Lipinski definition) is 2. The smallest absolute Gasteiger partial charge is 0.261 e. The fourth-order valence-electron chi connectivity index (χ4n) is 4.00. The van der Waals surface area contributed by atoms with Gasteiger partial charge in [-0.25, -0.2) is 9.50 Å². The largest absolute Gasteiger partial charge is 0.496 e. The van der Waals surface area contributed by atoms with Crippen LogP contribution in [0.5, 0.6) is 5.75 Å². The molecule has 0 saturated carbocycles. The van der Waals surface area contributed by atoms with Gasteiger partial charge in [0.1, 0.15) is 22.7 Å². The van der Waals surface area contributed by atoms with Crippen molar-refractivity contribution in [1.29, 1.82) is 0 Å². The number of carbonyl (C=O) groups is 1. The van der Waals surface area contributed by atoms with Gasteiger partial charge in [-0.15, -0.1) is 4.68 Å². The van der Waals surface area contributed by atoms with Gasteiger partial charge < -0.3 is 14.8 Å². The first-order chi connectivity index (χ1) is 16.6. The van der Waals surface area contributed by atoms with Gasteiger partial charge in [-0.3, -0.25) is 9.69 Å². The number of fused-ring (bicyclic) bond motifs is 1. The van der Waals surface area contributed by atoms with Crippen molar-refractivity contribution in [3.63, 3.8) is 0 Å². The molecular weight excluding hydrogens is 458 g/mol. The van der Waals surface area contributed by atoms with E-state index >= 15 is 0 Å². The molecule has 4 heterocycles. The standard InChI is InChI=1S/C23H24ClN7O3/c1-33-20-4-3-16(24)13-17(20)21-19(15-30(28-21)8-7-29-9-11-34-12-10-29)27-23(32)18-14-26-31-6-2-5-25-22(18)31/h2-6,13-15H,7-12H2,1H3,(H,27,32)/p+1. The van der Waals surface area contributed by atoms with Gasteiger partial charge in [0, 0.05) is 36.1 Å². The number of nitrogens with one attached hydrogen (secondary N) is 2. The summed E-state index contributed by atoms with van der Waals surface area (Å²) in [6.45, 7) is 4.86. The van der Waals surface area contributed by atoms with Gasteiger partial charge in [-0.1, -0.05) is 11.6 Å². The van der Waals surface area contributed by atoms with Gasteiger partial charge in [-0.2, -0.15) is 10.2 Å². The highest BCUT2D eigenvalue weighted by molar-refractivity contribution is 6.31. The van der Waals surface area contributed by atoms with Gasteiger partial charge in [0.25, 0.3) is 5.91 Å². The quantitative estimate of drug-likeness (QED) is 0.392. The fraction of sp³-hybridized carbons (Fsp3) is 0.304. The van der Waals surface area contributed by atoms with Crippen molar-refractivity contribution in [2.24, 2.45) is 0 Å². The Kier molecular flexibility index (Phi) is 6.43. The molecule has 0 spiro atoms. The molecule has 4 aromatic rings. The summed E-state index contributed by atoms with van der Waals surface area (Å²) in [5.74, 6) is 0.329. The summed E-state index contributed by atoms with van der Waals surface area (Å²) in [6, 6.07) is 7.14. The number of aromatic nitrogens is 5. The number of carbonyl (C=O) groups excluding carboxylic acids is 1. The number of aromatic amines is 1. The second kappa shape index (κ2) is 9.80. The van der Waals surface area contributed by atoms with Crippen molar-refractivity contribution in [3.05, 3.63) is 59.6 Å². The first-order valence-corrected chi connectivity index (χ1v) is 11.4. The number of halogens is 1. The van der Waals surface area contributed by atoms with E-state index in [4.69, 9.17) is 21.1 Å². The first kappa shape index (κ1) is 22.3. The summed E-state index contributed by atoms with van der Waals surface area (Å²) in [5.41, 5.74) is 2.90. The van der Waals surface area contributed by atoms with Crippen LogP contribution in [0.1, 0.15) is 10.4 Å². The van der Waals surface area contributed by atoms with Crippen LogP contribution in [0.25, 0.3) is 16.9 Å². The normalized spacial score (nSPS) is 14.4. The van der Waals surface area contributed by atoms with E-state index in [-0.39, 0.29) is 5.91 Å². The van der Waals surface area contributed by atoms with Crippen LogP contribution < -0.4 is 14.7 Å². The number of benzene rings is 1. The second-order valence-electron chi connectivity index (χ2n) is 7.92. The van der Waals surface area contributed by atoms with E-state index < -0.39 is 0 Å². The molecule has 0 radical (unpaired) electrons. The van der Waals surface area contributed by atoms with Crippen LogP contribution in [0, 0.1) is 0 Å². The molecule has 2 N–H and O–H groups in total. The average Bonchev–Trinajstić information content (AvgIpc) is 3.47. The summed E-state index contributed by atoms with van der Waals surface area (Å²) in [5, 5.41) is 11.2. The number of amides is 1. The molecule has 0 atom stereocenters. The van der Waals surface area contributed by atoms with Gasteiger partial charge >= 0.3 is 0 Å². The fourth-order valence-corrected chi connectivity index (χ4v) is 4.18. The van der Waals surface area contributed by atoms with Crippen molar-refractivity contribution in [2.45, 2.75) is 6.54 Å². The number of rotatable bonds is 7. The Balaban J connectivity index is 1.47. The Morgan fingerprint density at radius 2 is 2.21 bits per heavy atom. The summed E-state index contributed by atoms with van der Waals surface area (Å²) in [4.78, 5) is 19.8. The van der Waals surface area contributed by atoms with Crippen LogP contribution in [0.3, 0.4) is 0 Å². The number of anilines is 1. The van der Waals surface area contributed by atoms with Crippen molar-refractivity contribution in [1.82, 2.24) is 24.6 Å². The molecular formula is C23H25ClN7O3+. The molecule has 1 aliphatic heterocycles. The van der Waals surface area contributed by atoms with Crippen LogP contribution in [0.2, 0.25) is 5.02 Å². The number of H-pyrrole nitrogens is 1. The minimum Gasteiger partial charge on any atom is -0.496 e. The Labute approximate surface area is 201 Å². The van der Waals surface area contributed by atoms with Crippen LogP contribution in [-0.4, -0.2) is 70.5 Å². The molecule has 0 aliphatic carbocycles. The second-order valence-corrected chi connectivity index (χ2v) is 8.36. The molecule has 34 heavy (non-hydrogen) atoms. The summed E-state index contributed by atoms with van der Waals surface area (Å²) in [7, 11) is 1.60. The number of nitrogens with zero attached hydrogens (tertiary/aromatic N) is 5. The highest BCUT2D eigenvalue weighted by atomic mass is 35.5. The molecule has 1 aliphatic rings. The minimum atomic E-state index is -0.310. The molecule has 1 saturated heterocycles. The van der Waals surface area contributed by atoms with E-state index in [0.29, 0.717) is 39.9 Å². The van der Waals surface area contributed by atoms with Crippen LogP contribution >= 0.6 is 11.6 Å². The van der Waals surface area contributed by atoms with E-state index in [9.17, 15) is 4.79 Å². The topological polar surface area (TPSA) is 101 Å². The lowest BCUT2D eigenvalue weighted by Crippen LogP contribution is -2.45. The van der Waals surface area contributed by atoms with Crippen LogP contribution in [0.15, 0.2) is 49.1 Å². The van der Waals surface area contributed by atoms with E-state index in [2.05, 4.69) is 25.4 Å². The molecule has 5 rings (SSSR count). The predicted octanol–water partition coefficient (Wildman–Crippen LogP) is 2.26. The molecule has 0 bridgehead atoms. The highest BCUT2D eigenvalue weighted by Gasteiger charge is 2.24. The molecule has 176 valence electrons. The molecule has 1 amide bonds. The van der Waals surface area contributed by atoms with E-state index in [0.717, 1.165) is 38.4 Å². The third kappa shape index (κ3) is 4.60. The van der Waals surface area contributed by atoms with Gasteiger partial charge in [0.05, 0.1) is 33.1 Å². The third-order valence-corrected chi connectivity index (χ3v) is 6.01. The van der Waals surface area contributed by atoms with Crippen molar-refractivity contribution in [3.8, 4) is 17.0 Å². The zero-order chi connectivity index (χ0) is 23.5. The van der Waals surface area contributed by atoms with E-state index in [1.807, 2.05) is 16.9 Å². The Hall–Kier alpha value is -3.47. The lowest BCUT2D eigenvalue weighted by Gasteiger charge is -2.24. The summed E-state index contributed by atoms with van der Waals surface area (Å²) < 4.78 is 14.5. The van der Waals surface area contributed by atoms with Crippen molar-refractivity contribution >= 4 is 28.8 Å². The maximum Gasteiger partial charge on any atom is 0.261 e. The first-order valence-electron chi connectivity index (χ1n) is 11.0. The zero-order valence-corrected chi connectivity index (χ0v) is 19.5. The SMILES string of the molecule is COc1ccc(Cl)cc1-c1[nH][n+](CCN2CCOCC2)cc1NC(=O)c1cnn2cccnc12. The molecule has 1 fully saturated rings. The highest BCUT2D eigenvalue weighted by Crippen LogP contribution is 2.35. The van der Waals surface area contributed by atoms with E-state index in [1.54, 1.807) is 42.2 Å². The van der Waals surface area contributed by atoms with Gasteiger partial charge in [0.2, 0.25) is 6.20 Å². The Bertz CT molecular complexity index is 1310. The molecule has 11 heteroatoms. The van der Waals surface area contributed by atoms with Gasteiger partial charge in [0.15, 0.2) is 12.2 Å². The van der Waals surface area contributed by atoms with Crippen molar-refractivity contribution in [2.75, 3.05) is 45.3 Å². The number of methoxy groups -OCH3 is 1. The zero-order valence-electron chi connectivity index (χ0n) is 18.7. The number of morpholine rings is 1. The predicted molar refractivity (Wildman–Crippen MR) is 126 cm³/mol. The number of hydrogen-bond acceptors (Lipinski definition) is 6. The minimum absolute atomic E-state index is 0.310. The Morgan fingerprint density at radius 1 is 1.35 bits per heavy atom.